The van der Waals surface area contributed by atoms with Crippen molar-refractivity contribution < 1.29 is 0 Å². The van der Waals surface area contributed by atoms with E-state index >= 15 is 0 Å². The van der Waals surface area contributed by atoms with Crippen LogP contribution in [0.15, 0.2) is 18.2 Å². The number of hydrogen-bond acceptors (Lipinski definition) is 2. The van der Waals surface area contributed by atoms with Crippen LogP contribution in [-0.4, -0.2) is 29.6 Å². The largest absolute Gasteiger partial charge is 0.310 e. The fraction of sp³-hybridized carbons (Fsp3) is 0.625. The summed E-state index contributed by atoms with van der Waals surface area (Å²) in [5, 5.41) is 5.20. The van der Waals surface area contributed by atoms with Gasteiger partial charge in [-0.1, -0.05) is 36.2 Å². The Hall–Kier alpha value is -0.280. The van der Waals surface area contributed by atoms with Crippen LogP contribution < -0.4 is 5.32 Å². The van der Waals surface area contributed by atoms with E-state index in [0.29, 0.717) is 6.04 Å². The van der Waals surface area contributed by atoms with Crippen LogP contribution in [0, 0.1) is 0 Å². The lowest BCUT2D eigenvalue weighted by Crippen LogP contribution is -2.49. The van der Waals surface area contributed by atoms with Gasteiger partial charge < -0.3 is 5.32 Å². The molecular weight excluding hydrogens is 291 g/mol. The van der Waals surface area contributed by atoms with E-state index in [0.717, 1.165) is 48.1 Å². The zero-order valence-electron chi connectivity index (χ0n) is 12.5. The minimum absolute atomic E-state index is 0.165. The number of halogens is 2. The second-order valence-electron chi connectivity index (χ2n) is 6.08. The Morgan fingerprint density at radius 2 is 2.00 bits per heavy atom. The van der Waals surface area contributed by atoms with Gasteiger partial charge in [0.15, 0.2) is 0 Å². The van der Waals surface area contributed by atoms with Gasteiger partial charge in [0, 0.05) is 40.3 Å². The van der Waals surface area contributed by atoms with Gasteiger partial charge in [-0.2, -0.15) is 0 Å². The molecule has 1 aromatic rings. The lowest BCUT2D eigenvalue weighted by atomic mass is 9.98. The van der Waals surface area contributed by atoms with Gasteiger partial charge in [0.1, 0.15) is 0 Å². The zero-order valence-corrected chi connectivity index (χ0v) is 14.1. The van der Waals surface area contributed by atoms with Crippen molar-refractivity contribution in [3.8, 4) is 0 Å². The molecule has 20 heavy (non-hydrogen) atoms. The van der Waals surface area contributed by atoms with E-state index in [-0.39, 0.29) is 5.54 Å². The number of nitrogens with one attached hydrogen (secondary N) is 1. The SMILES string of the molecule is CCC1(C)CN(Cc2c(Cl)cccc2Cl)C(C)CCN1. The molecule has 0 spiro atoms. The van der Waals surface area contributed by atoms with E-state index < -0.39 is 0 Å². The van der Waals surface area contributed by atoms with Crippen molar-refractivity contribution in [2.75, 3.05) is 13.1 Å². The second-order valence-corrected chi connectivity index (χ2v) is 6.90. The van der Waals surface area contributed by atoms with Crippen molar-refractivity contribution in [3.05, 3.63) is 33.8 Å². The molecule has 1 aliphatic rings. The van der Waals surface area contributed by atoms with Gasteiger partial charge in [-0.25, -0.2) is 0 Å². The predicted molar refractivity (Wildman–Crippen MR) is 87.6 cm³/mol. The van der Waals surface area contributed by atoms with Crippen LogP contribution in [-0.2, 0) is 6.54 Å². The van der Waals surface area contributed by atoms with Crippen LogP contribution in [0.3, 0.4) is 0 Å². The Bertz CT molecular complexity index is 444. The smallest absolute Gasteiger partial charge is 0.0465 e. The Morgan fingerprint density at radius 3 is 2.60 bits per heavy atom. The van der Waals surface area contributed by atoms with E-state index in [1.165, 1.54) is 0 Å². The van der Waals surface area contributed by atoms with Crippen LogP contribution in [0.4, 0.5) is 0 Å². The molecule has 0 amide bonds. The summed E-state index contributed by atoms with van der Waals surface area (Å²) in [4.78, 5) is 2.50. The highest BCUT2D eigenvalue weighted by Gasteiger charge is 2.30. The Labute approximate surface area is 132 Å². The standard InChI is InChI=1S/C16H24Cl2N2/c1-4-16(3)11-20(12(2)8-9-19-16)10-13-14(17)6-5-7-15(13)18/h5-7,12,19H,4,8-11H2,1-3H3. The van der Waals surface area contributed by atoms with E-state index in [4.69, 9.17) is 23.2 Å². The van der Waals surface area contributed by atoms with Crippen molar-refractivity contribution in [1.82, 2.24) is 10.2 Å². The first-order valence-corrected chi connectivity index (χ1v) is 8.13. The summed E-state index contributed by atoms with van der Waals surface area (Å²) >= 11 is 12.6. The summed E-state index contributed by atoms with van der Waals surface area (Å²) in [5.74, 6) is 0. The third kappa shape index (κ3) is 3.67. The van der Waals surface area contributed by atoms with Gasteiger partial charge in [0.05, 0.1) is 0 Å². The highest BCUT2D eigenvalue weighted by Crippen LogP contribution is 2.28. The summed E-state index contributed by atoms with van der Waals surface area (Å²) in [7, 11) is 0. The third-order valence-electron chi connectivity index (χ3n) is 4.49. The van der Waals surface area contributed by atoms with Crippen molar-refractivity contribution >= 4 is 23.2 Å². The molecule has 4 heteroatoms. The number of nitrogens with zero attached hydrogens (tertiary/aromatic N) is 1. The van der Waals surface area contributed by atoms with E-state index in [1.54, 1.807) is 0 Å². The number of benzene rings is 1. The second kappa shape index (κ2) is 6.65. The molecule has 2 rings (SSSR count). The summed E-state index contributed by atoms with van der Waals surface area (Å²) in [6, 6.07) is 6.27. The van der Waals surface area contributed by atoms with Gasteiger partial charge in [0.2, 0.25) is 0 Å². The van der Waals surface area contributed by atoms with Crippen molar-refractivity contribution in [2.24, 2.45) is 0 Å². The van der Waals surface area contributed by atoms with Gasteiger partial charge in [-0.3, -0.25) is 4.90 Å². The summed E-state index contributed by atoms with van der Waals surface area (Å²) in [6.07, 6.45) is 2.27. The highest BCUT2D eigenvalue weighted by molar-refractivity contribution is 6.35. The van der Waals surface area contributed by atoms with Crippen molar-refractivity contribution in [1.29, 1.82) is 0 Å². The molecule has 1 N–H and O–H groups in total. The molecule has 0 radical (unpaired) electrons. The topological polar surface area (TPSA) is 15.3 Å². The maximum atomic E-state index is 6.32. The minimum Gasteiger partial charge on any atom is -0.310 e. The maximum Gasteiger partial charge on any atom is 0.0465 e. The van der Waals surface area contributed by atoms with Gasteiger partial charge in [0.25, 0.3) is 0 Å². The van der Waals surface area contributed by atoms with E-state index in [9.17, 15) is 0 Å². The van der Waals surface area contributed by atoms with Crippen molar-refractivity contribution in [2.45, 2.75) is 51.7 Å². The first kappa shape index (κ1) is 16.1. The molecule has 0 aliphatic carbocycles. The first-order valence-electron chi connectivity index (χ1n) is 7.37. The van der Waals surface area contributed by atoms with Crippen LogP contribution in [0.25, 0.3) is 0 Å². The molecule has 0 saturated carbocycles. The van der Waals surface area contributed by atoms with Crippen LogP contribution in [0.1, 0.15) is 39.2 Å². The van der Waals surface area contributed by atoms with Gasteiger partial charge in [-0.15, -0.1) is 0 Å². The Morgan fingerprint density at radius 1 is 1.35 bits per heavy atom. The lowest BCUT2D eigenvalue weighted by molar-refractivity contribution is 0.163. The predicted octanol–water partition coefficient (Wildman–Crippen LogP) is 4.35. The lowest BCUT2D eigenvalue weighted by Gasteiger charge is -2.35. The normalized spacial score (nSPS) is 28.4. The maximum absolute atomic E-state index is 6.32. The number of rotatable bonds is 3. The molecule has 0 aromatic heterocycles. The molecule has 1 aromatic carbocycles. The zero-order chi connectivity index (χ0) is 14.8. The molecule has 1 heterocycles. The van der Waals surface area contributed by atoms with Gasteiger partial charge in [-0.05, 0) is 45.4 Å². The summed E-state index contributed by atoms with van der Waals surface area (Å²) < 4.78 is 0. The minimum atomic E-state index is 0.165. The fourth-order valence-electron chi connectivity index (χ4n) is 2.76. The molecule has 2 nitrogen and oxygen atoms in total. The molecule has 1 fully saturated rings. The van der Waals surface area contributed by atoms with Crippen LogP contribution >= 0.6 is 23.2 Å². The Kier molecular flexibility index (Phi) is 5.36. The molecule has 0 bridgehead atoms. The monoisotopic (exact) mass is 314 g/mol. The summed E-state index contributed by atoms with van der Waals surface area (Å²) in [6.45, 7) is 9.73. The average Bonchev–Trinajstić information content (AvgIpc) is 2.55. The quantitative estimate of drug-likeness (QED) is 0.892. The third-order valence-corrected chi connectivity index (χ3v) is 5.20. The molecule has 1 saturated heterocycles. The first-order chi connectivity index (χ1) is 9.45. The average molecular weight is 315 g/mol. The van der Waals surface area contributed by atoms with Crippen molar-refractivity contribution in [3.63, 3.8) is 0 Å². The summed E-state index contributed by atoms with van der Waals surface area (Å²) in [5.41, 5.74) is 1.21. The molecule has 2 atom stereocenters. The Balaban J connectivity index is 2.21. The highest BCUT2D eigenvalue weighted by atomic mass is 35.5. The molecule has 1 aliphatic heterocycles. The van der Waals surface area contributed by atoms with E-state index in [2.05, 4.69) is 31.0 Å². The molecular formula is C16H24Cl2N2. The van der Waals surface area contributed by atoms with E-state index in [1.807, 2.05) is 18.2 Å². The number of hydrogen-bond donors (Lipinski definition) is 1. The van der Waals surface area contributed by atoms with Crippen LogP contribution in [0.2, 0.25) is 10.0 Å². The molecule has 2 unspecified atom stereocenters. The molecule has 112 valence electrons. The fourth-order valence-corrected chi connectivity index (χ4v) is 3.28. The van der Waals surface area contributed by atoms with Gasteiger partial charge >= 0.3 is 0 Å². The van der Waals surface area contributed by atoms with Crippen LogP contribution in [0.5, 0.6) is 0 Å².